The van der Waals surface area contributed by atoms with Crippen LogP contribution in [0.3, 0.4) is 0 Å². The number of nitro groups is 1. The summed E-state index contributed by atoms with van der Waals surface area (Å²) < 4.78 is 22.6. The van der Waals surface area contributed by atoms with E-state index in [1.807, 2.05) is 0 Å². The van der Waals surface area contributed by atoms with E-state index in [1.54, 1.807) is 6.92 Å². The van der Waals surface area contributed by atoms with E-state index in [4.69, 9.17) is 10.7 Å². The quantitative estimate of drug-likeness (QED) is 0.446. The molecule has 1 aromatic heterocycles. The average Bonchev–Trinajstić information content (AvgIpc) is 2.42. The maximum atomic E-state index is 10.7. The zero-order chi connectivity index (χ0) is 11.6. The third-order valence-electron chi connectivity index (χ3n) is 1.78. The van der Waals surface area contributed by atoms with E-state index in [-0.39, 0.29) is 18.1 Å². The van der Waals surface area contributed by atoms with Crippen LogP contribution in [0.25, 0.3) is 0 Å². The van der Waals surface area contributed by atoms with E-state index in [2.05, 4.69) is 4.98 Å². The first-order valence-electron chi connectivity index (χ1n) is 3.90. The van der Waals surface area contributed by atoms with Crippen molar-refractivity contribution in [3.05, 3.63) is 22.1 Å². The standard InChI is InChI=1S/C6H8ClN3O4S/c1-5-8-4-6(10(11)12)9(5)2-3-15(7,13)14/h4H,2-3H2,1H3. The number of hydrogen-bond acceptors (Lipinski definition) is 5. The molecule has 0 N–H and O–H groups in total. The number of imidazole rings is 1. The number of hydrogen-bond donors (Lipinski definition) is 0. The Balaban J connectivity index is 2.93. The second-order valence-electron chi connectivity index (χ2n) is 2.82. The molecular formula is C6H8ClN3O4S. The minimum absolute atomic E-state index is 0.0754. The van der Waals surface area contributed by atoms with Gasteiger partial charge >= 0.3 is 5.82 Å². The molecule has 0 atom stereocenters. The lowest BCUT2D eigenvalue weighted by molar-refractivity contribution is -0.392. The van der Waals surface area contributed by atoms with Gasteiger partial charge in [0.05, 0.1) is 0 Å². The summed E-state index contributed by atoms with van der Waals surface area (Å²) in [7, 11) is 1.34. The summed E-state index contributed by atoms with van der Waals surface area (Å²) in [6.07, 6.45) is 1.08. The Kier molecular flexibility index (Phi) is 3.30. The summed E-state index contributed by atoms with van der Waals surface area (Å²) in [5, 5.41) is 10.5. The molecule has 0 radical (unpaired) electrons. The van der Waals surface area contributed by atoms with Crippen molar-refractivity contribution < 1.29 is 13.3 Å². The molecule has 0 amide bonds. The van der Waals surface area contributed by atoms with Crippen molar-refractivity contribution in [2.75, 3.05) is 5.75 Å². The van der Waals surface area contributed by atoms with Crippen molar-refractivity contribution in [3.8, 4) is 0 Å². The zero-order valence-corrected chi connectivity index (χ0v) is 9.32. The van der Waals surface area contributed by atoms with Crippen LogP contribution in [0.15, 0.2) is 6.20 Å². The van der Waals surface area contributed by atoms with Gasteiger partial charge in [-0.05, 0) is 4.92 Å². The highest BCUT2D eigenvalue weighted by Gasteiger charge is 2.19. The summed E-state index contributed by atoms with van der Waals surface area (Å²) >= 11 is 0. The molecule has 1 aromatic rings. The first kappa shape index (κ1) is 11.9. The molecule has 9 heteroatoms. The van der Waals surface area contributed by atoms with E-state index in [0.29, 0.717) is 5.82 Å². The first-order chi connectivity index (χ1) is 6.81. The molecule has 0 aliphatic rings. The van der Waals surface area contributed by atoms with E-state index in [1.165, 1.54) is 4.57 Å². The number of aromatic nitrogens is 2. The molecule has 0 saturated heterocycles. The smallest absolute Gasteiger partial charge is 0.342 e. The highest BCUT2D eigenvalue weighted by molar-refractivity contribution is 8.13. The van der Waals surface area contributed by atoms with Crippen LogP contribution in [0.1, 0.15) is 5.82 Å². The molecule has 0 bridgehead atoms. The van der Waals surface area contributed by atoms with Gasteiger partial charge in [0, 0.05) is 17.6 Å². The van der Waals surface area contributed by atoms with Gasteiger partial charge in [-0.15, -0.1) is 0 Å². The second kappa shape index (κ2) is 4.15. The molecule has 0 spiro atoms. The van der Waals surface area contributed by atoms with Crippen LogP contribution in [0, 0.1) is 17.0 Å². The van der Waals surface area contributed by atoms with Crippen molar-refractivity contribution in [2.24, 2.45) is 0 Å². The molecule has 15 heavy (non-hydrogen) atoms. The Hall–Kier alpha value is -1.15. The van der Waals surface area contributed by atoms with Gasteiger partial charge in [0.25, 0.3) is 0 Å². The molecule has 0 aliphatic heterocycles. The Bertz CT molecular complexity index is 481. The maximum Gasteiger partial charge on any atom is 0.342 e. The Labute approximate surface area is 90.3 Å². The third kappa shape index (κ3) is 3.17. The zero-order valence-electron chi connectivity index (χ0n) is 7.75. The van der Waals surface area contributed by atoms with Crippen molar-refractivity contribution in [3.63, 3.8) is 0 Å². The monoisotopic (exact) mass is 253 g/mol. The molecule has 0 saturated carbocycles. The Morgan fingerprint density at radius 3 is 2.73 bits per heavy atom. The van der Waals surface area contributed by atoms with Crippen LogP contribution >= 0.6 is 10.7 Å². The minimum Gasteiger partial charge on any atom is -0.358 e. The van der Waals surface area contributed by atoms with E-state index >= 15 is 0 Å². The van der Waals surface area contributed by atoms with Crippen LogP contribution in [-0.2, 0) is 15.6 Å². The van der Waals surface area contributed by atoms with Crippen LogP contribution in [-0.4, -0.2) is 28.6 Å². The average molecular weight is 254 g/mol. The molecule has 0 aromatic carbocycles. The van der Waals surface area contributed by atoms with E-state index < -0.39 is 14.0 Å². The summed E-state index contributed by atoms with van der Waals surface area (Å²) in [5.74, 6) is -0.234. The topological polar surface area (TPSA) is 95.1 Å². The fourth-order valence-electron chi connectivity index (χ4n) is 1.08. The third-order valence-corrected chi connectivity index (χ3v) is 2.91. The molecule has 84 valence electrons. The van der Waals surface area contributed by atoms with E-state index in [0.717, 1.165) is 6.20 Å². The lowest BCUT2D eigenvalue weighted by Gasteiger charge is -2.00. The Morgan fingerprint density at radius 1 is 1.67 bits per heavy atom. The molecule has 0 unspecified atom stereocenters. The van der Waals surface area contributed by atoms with Gasteiger partial charge in [0.1, 0.15) is 18.5 Å². The number of halogens is 1. The molecular weight excluding hydrogens is 246 g/mol. The molecule has 0 aliphatic carbocycles. The molecule has 1 rings (SSSR count). The Morgan fingerprint density at radius 2 is 2.27 bits per heavy atom. The van der Waals surface area contributed by atoms with Gasteiger partial charge in [0.2, 0.25) is 9.05 Å². The lowest BCUT2D eigenvalue weighted by atomic mass is 10.6. The predicted molar refractivity (Wildman–Crippen MR) is 53.3 cm³/mol. The summed E-state index contributed by atoms with van der Waals surface area (Å²) in [6, 6.07) is 0. The van der Waals surface area contributed by atoms with Gasteiger partial charge in [-0.3, -0.25) is 0 Å². The van der Waals surface area contributed by atoms with Crippen molar-refractivity contribution >= 4 is 25.6 Å². The summed E-state index contributed by atoms with van der Waals surface area (Å²) in [6.45, 7) is 1.47. The van der Waals surface area contributed by atoms with Crippen molar-refractivity contribution in [1.29, 1.82) is 0 Å². The molecule has 1 heterocycles. The normalized spacial score (nSPS) is 11.6. The molecule has 7 nitrogen and oxygen atoms in total. The van der Waals surface area contributed by atoms with Crippen molar-refractivity contribution in [1.82, 2.24) is 9.55 Å². The molecule has 0 fully saturated rings. The second-order valence-corrected chi connectivity index (χ2v) is 5.71. The maximum absolute atomic E-state index is 10.7. The predicted octanol–water partition coefficient (Wildman–Crippen LogP) is 0.668. The van der Waals surface area contributed by atoms with Crippen LogP contribution in [0.4, 0.5) is 5.82 Å². The van der Waals surface area contributed by atoms with Crippen LogP contribution < -0.4 is 0 Å². The largest absolute Gasteiger partial charge is 0.358 e. The summed E-state index contributed by atoms with van der Waals surface area (Å²) in [4.78, 5) is 13.6. The number of rotatable bonds is 4. The van der Waals surface area contributed by atoms with E-state index in [9.17, 15) is 18.5 Å². The highest BCUT2D eigenvalue weighted by Crippen LogP contribution is 2.14. The van der Waals surface area contributed by atoms with Gasteiger partial charge in [-0.1, -0.05) is 0 Å². The van der Waals surface area contributed by atoms with Gasteiger partial charge in [0.15, 0.2) is 5.82 Å². The number of aryl methyl sites for hydroxylation is 1. The first-order valence-corrected chi connectivity index (χ1v) is 6.38. The minimum atomic E-state index is -3.66. The SMILES string of the molecule is Cc1ncc([N+](=O)[O-])n1CCS(=O)(=O)Cl. The van der Waals surface area contributed by atoms with Gasteiger partial charge < -0.3 is 10.1 Å². The summed E-state index contributed by atoms with van der Waals surface area (Å²) in [5.41, 5.74) is 0. The van der Waals surface area contributed by atoms with Crippen LogP contribution in [0.5, 0.6) is 0 Å². The van der Waals surface area contributed by atoms with Gasteiger partial charge in [-0.2, -0.15) is 0 Å². The fourth-order valence-corrected chi connectivity index (χ4v) is 1.69. The number of nitrogens with zero attached hydrogens (tertiary/aromatic N) is 3. The fraction of sp³-hybridized carbons (Fsp3) is 0.500. The van der Waals surface area contributed by atoms with Crippen LogP contribution in [0.2, 0.25) is 0 Å². The van der Waals surface area contributed by atoms with Gasteiger partial charge in [-0.25, -0.2) is 18.0 Å². The lowest BCUT2D eigenvalue weighted by Crippen LogP contribution is -2.11. The highest BCUT2D eigenvalue weighted by atomic mass is 35.7. The van der Waals surface area contributed by atoms with Crippen molar-refractivity contribution in [2.45, 2.75) is 13.5 Å².